The number of urea groups is 1. The quantitative estimate of drug-likeness (QED) is 0.318. The van der Waals surface area contributed by atoms with Crippen molar-refractivity contribution in [3.63, 3.8) is 0 Å². The van der Waals surface area contributed by atoms with Gasteiger partial charge in [0.2, 0.25) is 11.8 Å². The van der Waals surface area contributed by atoms with E-state index in [2.05, 4.69) is 29.8 Å². The standard InChI is InChI=1S/C33H45N5O5/c1-4-20-38-29(39)28(12-8-9-19-34-32(42)43-23-25-10-6-5-7-11-25)36-30(40)33(38)17-21-37(22-18-33)31(41)35-27-15-13-26(14-16-27)24(2)3/h5-7,10-11,13-16,24,28H,4,8-9,12,17-23H2,1-3H3,(H,34,42)(H,35,41)(H,36,40)/t28-/m0/s1. The lowest BCUT2D eigenvalue weighted by molar-refractivity contribution is -0.160. The Kier molecular flexibility index (Phi) is 11.0. The van der Waals surface area contributed by atoms with Crippen LogP contribution in [0.15, 0.2) is 54.6 Å². The number of alkyl carbamates (subject to hydrolysis) is 1. The minimum Gasteiger partial charge on any atom is -0.445 e. The molecule has 5 amide bonds. The van der Waals surface area contributed by atoms with E-state index in [1.54, 1.807) is 9.80 Å². The van der Waals surface area contributed by atoms with E-state index in [9.17, 15) is 19.2 Å². The second-order valence-electron chi connectivity index (χ2n) is 11.7. The monoisotopic (exact) mass is 591 g/mol. The molecule has 2 aromatic rings. The third-order valence-corrected chi connectivity index (χ3v) is 8.36. The number of ether oxygens (including phenoxy) is 1. The third-order valence-electron chi connectivity index (χ3n) is 8.36. The number of carbonyl (C=O) groups excluding carboxylic acids is 4. The molecule has 2 heterocycles. The Bertz CT molecular complexity index is 1240. The molecule has 10 heteroatoms. The molecule has 2 aliphatic heterocycles. The normalized spacial score (nSPS) is 18.0. The minimum atomic E-state index is -0.941. The van der Waals surface area contributed by atoms with Gasteiger partial charge in [-0.05, 0) is 67.7 Å². The maximum absolute atomic E-state index is 13.6. The van der Waals surface area contributed by atoms with Crippen LogP contribution in [0.1, 0.15) is 76.3 Å². The molecule has 0 radical (unpaired) electrons. The van der Waals surface area contributed by atoms with Crippen LogP contribution >= 0.6 is 0 Å². The van der Waals surface area contributed by atoms with Crippen molar-refractivity contribution in [2.45, 2.75) is 83.4 Å². The number of benzene rings is 2. The lowest BCUT2D eigenvalue weighted by atomic mass is 9.81. The number of likely N-dealkylation sites (tertiary alicyclic amines) is 1. The maximum Gasteiger partial charge on any atom is 0.407 e. The molecule has 0 aromatic heterocycles. The number of piperazine rings is 1. The van der Waals surface area contributed by atoms with E-state index in [1.807, 2.05) is 61.5 Å². The van der Waals surface area contributed by atoms with Gasteiger partial charge in [-0.3, -0.25) is 9.59 Å². The van der Waals surface area contributed by atoms with Crippen LogP contribution in [0.25, 0.3) is 0 Å². The molecule has 0 saturated carbocycles. The molecule has 2 fully saturated rings. The number of carbonyl (C=O) groups is 4. The number of unbranched alkanes of at least 4 members (excludes halogenated alkanes) is 1. The van der Waals surface area contributed by atoms with Gasteiger partial charge in [-0.25, -0.2) is 9.59 Å². The first-order chi connectivity index (χ1) is 20.7. The van der Waals surface area contributed by atoms with Crippen LogP contribution in [0.3, 0.4) is 0 Å². The Labute approximate surface area is 254 Å². The molecule has 3 N–H and O–H groups in total. The fourth-order valence-corrected chi connectivity index (χ4v) is 5.79. The van der Waals surface area contributed by atoms with Gasteiger partial charge >= 0.3 is 12.1 Å². The summed E-state index contributed by atoms with van der Waals surface area (Å²) in [5.41, 5.74) is 1.91. The maximum atomic E-state index is 13.6. The first-order valence-electron chi connectivity index (χ1n) is 15.5. The highest BCUT2D eigenvalue weighted by molar-refractivity contribution is 6.00. The van der Waals surface area contributed by atoms with E-state index in [4.69, 9.17) is 4.74 Å². The van der Waals surface area contributed by atoms with Gasteiger partial charge in [-0.15, -0.1) is 0 Å². The second kappa shape index (κ2) is 14.9. The van der Waals surface area contributed by atoms with Crippen LogP contribution in [0.4, 0.5) is 15.3 Å². The Hall–Kier alpha value is -4.08. The molecule has 232 valence electrons. The van der Waals surface area contributed by atoms with E-state index in [1.165, 1.54) is 5.56 Å². The average molecular weight is 592 g/mol. The van der Waals surface area contributed by atoms with Crippen molar-refractivity contribution in [2.75, 3.05) is 31.5 Å². The number of hydrogen-bond donors (Lipinski definition) is 3. The summed E-state index contributed by atoms with van der Waals surface area (Å²) in [5, 5.41) is 8.69. The summed E-state index contributed by atoms with van der Waals surface area (Å²) < 4.78 is 5.23. The highest BCUT2D eigenvalue weighted by Crippen LogP contribution is 2.34. The van der Waals surface area contributed by atoms with Crippen LogP contribution in [0.2, 0.25) is 0 Å². The van der Waals surface area contributed by atoms with Gasteiger partial charge in [0.25, 0.3) is 0 Å². The fourth-order valence-electron chi connectivity index (χ4n) is 5.79. The van der Waals surface area contributed by atoms with Gasteiger partial charge in [-0.2, -0.15) is 0 Å². The second-order valence-corrected chi connectivity index (χ2v) is 11.7. The molecule has 43 heavy (non-hydrogen) atoms. The Morgan fingerprint density at radius 3 is 2.37 bits per heavy atom. The molecule has 2 saturated heterocycles. The predicted octanol–water partition coefficient (Wildman–Crippen LogP) is 5.01. The van der Waals surface area contributed by atoms with Gasteiger partial charge in [-0.1, -0.05) is 63.2 Å². The highest BCUT2D eigenvalue weighted by atomic mass is 16.5. The highest BCUT2D eigenvalue weighted by Gasteiger charge is 2.53. The van der Waals surface area contributed by atoms with Crippen molar-refractivity contribution in [3.05, 3.63) is 65.7 Å². The summed E-state index contributed by atoms with van der Waals surface area (Å²) >= 11 is 0. The zero-order chi connectivity index (χ0) is 30.8. The summed E-state index contributed by atoms with van der Waals surface area (Å²) in [7, 11) is 0. The van der Waals surface area contributed by atoms with Crippen LogP contribution < -0.4 is 16.0 Å². The molecular formula is C33H45N5O5. The smallest absolute Gasteiger partial charge is 0.407 e. The van der Waals surface area contributed by atoms with Crippen LogP contribution in [0, 0.1) is 0 Å². The summed E-state index contributed by atoms with van der Waals surface area (Å²) in [6, 6.07) is 16.5. The van der Waals surface area contributed by atoms with Gasteiger partial charge in [0.1, 0.15) is 18.2 Å². The largest absolute Gasteiger partial charge is 0.445 e. The van der Waals surface area contributed by atoms with Crippen molar-refractivity contribution in [3.8, 4) is 0 Å². The first kappa shape index (κ1) is 31.8. The molecule has 1 atom stereocenters. The zero-order valence-electron chi connectivity index (χ0n) is 25.6. The lowest BCUT2D eigenvalue weighted by Gasteiger charge is -2.51. The fraction of sp³-hybridized carbons (Fsp3) is 0.515. The van der Waals surface area contributed by atoms with Crippen molar-refractivity contribution in [2.24, 2.45) is 0 Å². The van der Waals surface area contributed by atoms with Crippen molar-refractivity contribution >= 4 is 29.6 Å². The predicted molar refractivity (Wildman–Crippen MR) is 166 cm³/mol. The molecule has 0 unspecified atom stereocenters. The van der Waals surface area contributed by atoms with Gasteiger partial charge in [0.05, 0.1) is 0 Å². The molecule has 0 bridgehead atoms. The molecule has 0 aliphatic carbocycles. The van der Waals surface area contributed by atoms with Crippen LogP contribution in [0.5, 0.6) is 0 Å². The van der Waals surface area contributed by atoms with Crippen molar-refractivity contribution in [1.29, 1.82) is 0 Å². The minimum absolute atomic E-state index is 0.0696. The molecule has 4 rings (SSSR count). The third kappa shape index (κ3) is 8.06. The summed E-state index contributed by atoms with van der Waals surface area (Å²) in [6.07, 6.45) is 2.85. The summed E-state index contributed by atoms with van der Waals surface area (Å²) in [6.45, 7) is 8.13. The number of nitrogens with zero attached hydrogens (tertiary/aromatic N) is 2. The molecule has 2 aliphatic rings. The number of piperidine rings is 1. The number of anilines is 1. The molecule has 1 spiro atoms. The van der Waals surface area contributed by atoms with E-state index < -0.39 is 17.7 Å². The number of hydrogen-bond acceptors (Lipinski definition) is 5. The van der Waals surface area contributed by atoms with E-state index in [0.29, 0.717) is 64.2 Å². The van der Waals surface area contributed by atoms with Crippen LogP contribution in [-0.2, 0) is 20.9 Å². The molecule has 2 aromatic carbocycles. The zero-order valence-corrected chi connectivity index (χ0v) is 25.6. The molecule has 10 nitrogen and oxygen atoms in total. The summed E-state index contributed by atoms with van der Waals surface area (Å²) in [4.78, 5) is 55.5. The van der Waals surface area contributed by atoms with Crippen LogP contribution in [-0.4, -0.2) is 71.5 Å². The van der Waals surface area contributed by atoms with Gasteiger partial charge < -0.3 is 30.5 Å². The van der Waals surface area contributed by atoms with E-state index >= 15 is 0 Å². The number of rotatable bonds is 11. The van der Waals surface area contributed by atoms with Crippen molar-refractivity contribution in [1.82, 2.24) is 20.4 Å². The SMILES string of the molecule is CCCN1C(=O)[C@H](CCCCNC(=O)OCc2ccccc2)NC(=O)C12CCN(C(=O)Nc1ccc(C(C)C)cc1)CC2. The number of amides is 5. The number of nitrogens with one attached hydrogen (secondary N) is 3. The van der Waals surface area contributed by atoms with Gasteiger partial charge in [0.15, 0.2) is 0 Å². The first-order valence-corrected chi connectivity index (χ1v) is 15.5. The lowest BCUT2D eigenvalue weighted by Crippen LogP contribution is -2.73. The Morgan fingerprint density at radius 1 is 1.02 bits per heavy atom. The Morgan fingerprint density at radius 2 is 1.72 bits per heavy atom. The topological polar surface area (TPSA) is 120 Å². The average Bonchev–Trinajstić information content (AvgIpc) is 3.01. The van der Waals surface area contributed by atoms with E-state index in [-0.39, 0.29) is 24.5 Å². The summed E-state index contributed by atoms with van der Waals surface area (Å²) in [5.74, 6) is 0.202. The molecular weight excluding hydrogens is 546 g/mol. The van der Waals surface area contributed by atoms with E-state index in [0.717, 1.165) is 17.7 Å². The Balaban J connectivity index is 1.24. The van der Waals surface area contributed by atoms with Gasteiger partial charge in [0, 0.05) is 31.9 Å². The van der Waals surface area contributed by atoms with Crippen molar-refractivity contribution < 1.29 is 23.9 Å².